The monoisotopic (exact) mass is 443 g/mol. The fourth-order valence-electron chi connectivity index (χ4n) is 3.43. The van der Waals surface area contributed by atoms with Crippen LogP contribution >= 0.6 is 27.7 Å². The largest absolute Gasteiger partial charge is 0.341 e. The number of hydrogen-bond donors (Lipinski definition) is 0. The van der Waals surface area contributed by atoms with Gasteiger partial charge < -0.3 is 4.90 Å². The number of nitriles is 1. The van der Waals surface area contributed by atoms with Crippen LogP contribution in [-0.2, 0) is 4.79 Å². The van der Waals surface area contributed by atoms with E-state index in [9.17, 15) is 14.4 Å². The maximum Gasteiger partial charge on any atom is 0.229 e. The van der Waals surface area contributed by atoms with Gasteiger partial charge >= 0.3 is 0 Å². The van der Waals surface area contributed by atoms with Gasteiger partial charge in [0.2, 0.25) is 5.91 Å². The molecule has 4 rings (SSSR count). The van der Waals surface area contributed by atoms with E-state index in [0.29, 0.717) is 22.2 Å². The SMILES string of the molecule is N#CC1=C2SCN(c3ccccc3F)CN2C(=O)C[C@@H]1c1cccc(Br)c1. The molecule has 27 heavy (non-hydrogen) atoms. The zero-order valence-corrected chi connectivity index (χ0v) is 16.6. The van der Waals surface area contributed by atoms with Crippen LogP contribution in [0.1, 0.15) is 17.9 Å². The van der Waals surface area contributed by atoms with Gasteiger partial charge in [0, 0.05) is 16.8 Å². The Labute approximate surface area is 169 Å². The number of carbonyl (C=O) groups excluding carboxylic acids is 1. The summed E-state index contributed by atoms with van der Waals surface area (Å²) in [5.41, 5.74) is 2.01. The van der Waals surface area contributed by atoms with Gasteiger partial charge in [-0.2, -0.15) is 5.26 Å². The molecular weight excluding hydrogens is 429 g/mol. The van der Waals surface area contributed by atoms with Crippen molar-refractivity contribution in [1.82, 2.24) is 4.90 Å². The van der Waals surface area contributed by atoms with Crippen LogP contribution in [0.3, 0.4) is 0 Å². The fraction of sp³-hybridized carbons (Fsp3) is 0.200. The van der Waals surface area contributed by atoms with Crippen LogP contribution < -0.4 is 4.90 Å². The molecule has 2 aliphatic heterocycles. The first-order chi connectivity index (χ1) is 13.1. The first-order valence-corrected chi connectivity index (χ1v) is 10.2. The van der Waals surface area contributed by atoms with Gasteiger partial charge in [-0.05, 0) is 29.8 Å². The average Bonchev–Trinajstić information content (AvgIpc) is 2.68. The summed E-state index contributed by atoms with van der Waals surface area (Å²) in [5.74, 6) is -0.139. The Hall–Kier alpha value is -2.30. The number of nitrogens with zero attached hydrogens (tertiary/aromatic N) is 3. The number of benzene rings is 2. The average molecular weight is 444 g/mol. The quantitative estimate of drug-likeness (QED) is 0.667. The molecule has 0 saturated carbocycles. The number of halogens is 2. The molecule has 0 radical (unpaired) electrons. The summed E-state index contributed by atoms with van der Waals surface area (Å²) in [5, 5.41) is 10.5. The lowest BCUT2D eigenvalue weighted by molar-refractivity contribution is -0.129. The van der Waals surface area contributed by atoms with Crippen LogP contribution in [0, 0.1) is 17.1 Å². The van der Waals surface area contributed by atoms with Gasteiger partial charge in [0.1, 0.15) is 5.82 Å². The summed E-state index contributed by atoms with van der Waals surface area (Å²) in [6, 6.07) is 16.6. The van der Waals surface area contributed by atoms with E-state index in [2.05, 4.69) is 22.0 Å². The maximum atomic E-state index is 14.1. The predicted octanol–water partition coefficient (Wildman–Crippen LogP) is 4.81. The highest BCUT2D eigenvalue weighted by Crippen LogP contribution is 2.43. The lowest BCUT2D eigenvalue weighted by atomic mass is 9.86. The van der Waals surface area contributed by atoms with Crippen molar-refractivity contribution in [3.05, 3.63) is 75.0 Å². The molecule has 1 saturated heterocycles. The maximum absolute atomic E-state index is 14.1. The van der Waals surface area contributed by atoms with Gasteiger partial charge in [0.05, 0.1) is 34.9 Å². The van der Waals surface area contributed by atoms with Crippen molar-refractivity contribution in [2.75, 3.05) is 17.4 Å². The first-order valence-electron chi connectivity index (χ1n) is 8.41. The topological polar surface area (TPSA) is 47.3 Å². The second-order valence-corrected chi connectivity index (χ2v) is 8.22. The van der Waals surface area contributed by atoms with E-state index in [4.69, 9.17) is 0 Å². The van der Waals surface area contributed by atoms with Crippen molar-refractivity contribution >= 4 is 39.3 Å². The molecular formula is C20H15BrFN3OS. The summed E-state index contributed by atoms with van der Waals surface area (Å²) in [6.45, 7) is 0.248. The van der Waals surface area contributed by atoms with Crippen LogP contribution in [0.2, 0.25) is 0 Å². The van der Waals surface area contributed by atoms with Gasteiger partial charge in [0.25, 0.3) is 0 Å². The van der Waals surface area contributed by atoms with Crippen LogP contribution in [0.15, 0.2) is 63.6 Å². The highest BCUT2D eigenvalue weighted by atomic mass is 79.9. The number of amides is 1. The molecule has 4 nitrogen and oxygen atoms in total. The van der Waals surface area contributed by atoms with Crippen LogP contribution in [0.5, 0.6) is 0 Å². The number of hydrogen-bond acceptors (Lipinski definition) is 4. The second-order valence-electron chi connectivity index (χ2n) is 6.37. The minimum Gasteiger partial charge on any atom is -0.341 e. The van der Waals surface area contributed by atoms with E-state index in [1.807, 2.05) is 29.2 Å². The number of rotatable bonds is 2. The highest BCUT2D eigenvalue weighted by molar-refractivity contribution is 9.10. The third kappa shape index (κ3) is 3.35. The normalized spacial score (nSPS) is 19.7. The number of carbonyl (C=O) groups is 1. The number of para-hydroxylation sites is 1. The minimum absolute atomic E-state index is 0.0532. The van der Waals surface area contributed by atoms with E-state index in [0.717, 1.165) is 10.0 Å². The first kappa shape index (κ1) is 18.1. The van der Waals surface area contributed by atoms with Crippen LogP contribution in [0.4, 0.5) is 10.1 Å². The third-order valence-electron chi connectivity index (χ3n) is 4.74. The van der Waals surface area contributed by atoms with Crippen molar-refractivity contribution in [2.24, 2.45) is 0 Å². The van der Waals surface area contributed by atoms with Crippen LogP contribution in [0.25, 0.3) is 0 Å². The smallest absolute Gasteiger partial charge is 0.229 e. The highest BCUT2D eigenvalue weighted by Gasteiger charge is 2.38. The van der Waals surface area contributed by atoms with E-state index in [-0.39, 0.29) is 30.7 Å². The molecule has 0 unspecified atom stereocenters. The molecule has 1 fully saturated rings. The third-order valence-corrected chi connectivity index (χ3v) is 6.39. The Morgan fingerprint density at radius 2 is 2.04 bits per heavy atom. The predicted molar refractivity (Wildman–Crippen MR) is 107 cm³/mol. The number of thioether (sulfide) groups is 1. The van der Waals surface area contributed by atoms with Gasteiger partial charge in [-0.15, -0.1) is 0 Å². The second kappa shape index (κ2) is 7.37. The summed E-state index contributed by atoms with van der Waals surface area (Å²) in [7, 11) is 0. The van der Waals surface area contributed by atoms with Crippen LogP contribution in [-0.4, -0.2) is 23.4 Å². The van der Waals surface area contributed by atoms with E-state index in [1.54, 1.807) is 23.1 Å². The van der Waals surface area contributed by atoms with Crippen molar-refractivity contribution in [3.63, 3.8) is 0 Å². The molecule has 2 aromatic carbocycles. The Kier molecular flexibility index (Phi) is 4.94. The molecule has 0 N–H and O–H groups in total. The molecule has 0 bridgehead atoms. The van der Waals surface area contributed by atoms with Crippen molar-refractivity contribution < 1.29 is 9.18 Å². The van der Waals surface area contributed by atoms with Crippen molar-refractivity contribution in [1.29, 1.82) is 5.26 Å². The Morgan fingerprint density at radius 1 is 1.22 bits per heavy atom. The molecule has 0 spiro atoms. The van der Waals surface area contributed by atoms with Gasteiger partial charge in [0.15, 0.2) is 0 Å². The lowest BCUT2D eigenvalue weighted by Crippen LogP contribution is -2.47. The molecule has 0 aromatic heterocycles. The Morgan fingerprint density at radius 3 is 2.78 bits per heavy atom. The Balaban J connectivity index is 1.69. The van der Waals surface area contributed by atoms with Crippen molar-refractivity contribution in [2.45, 2.75) is 12.3 Å². The minimum atomic E-state index is -0.317. The van der Waals surface area contributed by atoms with E-state index < -0.39 is 0 Å². The fourth-order valence-corrected chi connectivity index (χ4v) is 5.01. The number of fused-ring (bicyclic) bond motifs is 1. The summed E-state index contributed by atoms with van der Waals surface area (Å²) in [4.78, 5) is 16.3. The summed E-state index contributed by atoms with van der Waals surface area (Å²) >= 11 is 4.86. The molecule has 2 heterocycles. The standard InChI is InChI=1S/C20H15BrFN3OS/c21-14-5-3-4-13(8-14)15-9-19(26)25-11-24(12-27-20(25)16(15)10-23)18-7-2-1-6-17(18)22/h1-8,15H,9,11-12H2/t15-/m1/s1. The van der Waals surface area contributed by atoms with E-state index >= 15 is 0 Å². The number of allylic oxidation sites excluding steroid dienone is 1. The summed E-state index contributed by atoms with van der Waals surface area (Å²) in [6.07, 6.45) is 0.231. The van der Waals surface area contributed by atoms with Gasteiger partial charge in [-0.1, -0.05) is 52.0 Å². The molecule has 2 aliphatic rings. The molecule has 0 aliphatic carbocycles. The van der Waals surface area contributed by atoms with E-state index in [1.165, 1.54) is 17.8 Å². The van der Waals surface area contributed by atoms with Crippen molar-refractivity contribution in [3.8, 4) is 6.07 Å². The zero-order valence-electron chi connectivity index (χ0n) is 14.2. The summed E-state index contributed by atoms with van der Waals surface area (Å²) < 4.78 is 15.1. The molecule has 7 heteroatoms. The molecule has 1 amide bonds. The van der Waals surface area contributed by atoms with Gasteiger partial charge in [-0.25, -0.2) is 4.39 Å². The number of anilines is 1. The Bertz CT molecular complexity index is 987. The molecule has 136 valence electrons. The molecule has 2 aromatic rings. The van der Waals surface area contributed by atoms with Gasteiger partial charge in [-0.3, -0.25) is 9.69 Å². The molecule has 1 atom stereocenters. The zero-order chi connectivity index (χ0) is 19.0. The lowest BCUT2D eigenvalue weighted by Gasteiger charge is -2.42.